The number of hydrogen-bond donors (Lipinski definition) is 1. The summed E-state index contributed by atoms with van der Waals surface area (Å²) in [4.78, 5) is 10.8. The average Bonchev–Trinajstić information content (AvgIpc) is 2.14. The fourth-order valence-corrected chi connectivity index (χ4v) is 1.73. The fraction of sp³-hybridized carbons (Fsp3) is 0.250. The molecule has 72 valence electrons. The summed E-state index contributed by atoms with van der Waals surface area (Å²) in [6, 6.07) is 9.90. The van der Waals surface area contributed by atoms with Gasteiger partial charge in [0.1, 0.15) is 0 Å². The average molecular weight is 188 g/mol. The van der Waals surface area contributed by atoms with Gasteiger partial charge in [0.25, 0.3) is 0 Å². The fourth-order valence-electron chi connectivity index (χ4n) is 1.73. The van der Waals surface area contributed by atoms with Gasteiger partial charge in [-0.15, -0.1) is 0 Å². The first-order valence-electron chi connectivity index (χ1n) is 4.62. The van der Waals surface area contributed by atoms with Gasteiger partial charge in [0, 0.05) is 0 Å². The topological polar surface area (TPSA) is 37.3 Å². The van der Waals surface area contributed by atoms with Crippen molar-refractivity contribution in [2.75, 3.05) is 0 Å². The zero-order valence-corrected chi connectivity index (χ0v) is 8.03. The van der Waals surface area contributed by atoms with Crippen molar-refractivity contribution in [3.63, 3.8) is 0 Å². The second-order valence-electron chi connectivity index (χ2n) is 3.93. The normalized spacial score (nSPS) is 25.1. The molecule has 0 bridgehead atoms. The lowest BCUT2D eigenvalue weighted by atomic mass is 9.70. The number of hydrogen-bond acceptors (Lipinski definition) is 1. The second-order valence-corrected chi connectivity index (χ2v) is 3.93. The maximum absolute atomic E-state index is 10.8. The van der Waals surface area contributed by atoms with Crippen LogP contribution in [0, 0.1) is 5.41 Å². The molecule has 0 aliphatic heterocycles. The van der Waals surface area contributed by atoms with E-state index in [4.69, 9.17) is 5.11 Å². The number of carboxylic acids is 1. The lowest BCUT2D eigenvalue weighted by molar-refractivity contribution is -0.145. The molecule has 0 saturated carbocycles. The van der Waals surface area contributed by atoms with Gasteiger partial charge in [-0.05, 0) is 24.5 Å². The Balaban J connectivity index is 2.24. The molecule has 1 aliphatic carbocycles. The van der Waals surface area contributed by atoms with Crippen molar-refractivity contribution in [1.82, 2.24) is 0 Å². The molecule has 0 fully saturated rings. The summed E-state index contributed by atoms with van der Waals surface area (Å²) in [5.74, 6) is -0.739. The van der Waals surface area contributed by atoms with Crippen LogP contribution in [0.15, 0.2) is 36.4 Å². The highest BCUT2D eigenvalue weighted by Crippen LogP contribution is 2.43. The quantitative estimate of drug-likeness (QED) is 0.774. The van der Waals surface area contributed by atoms with Gasteiger partial charge >= 0.3 is 5.97 Å². The number of benzene rings is 1. The Labute approximate surface area is 82.9 Å². The smallest absolute Gasteiger partial charge is 0.313 e. The van der Waals surface area contributed by atoms with Crippen LogP contribution >= 0.6 is 0 Å². The number of rotatable bonds is 2. The molecule has 1 aromatic carbocycles. The van der Waals surface area contributed by atoms with Gasteiger partial charge in [0.15, 0.2) is 0 Å². The van der Waals surface area contributed by atoms with Crippen molar-refractivity contribution in [1.29, 1.82) is 0 Å². The maximum atomic E-state index is 10.8. The van der Waals surface area contributed by atoms with E-state index in [1.54, 1.807) is 6.92 Å². The monoisotopic (exact) mass is 188 g/mol. The first-order valence-corrected chi connectivity index (χ1v) is 4.62. The Morgan fingerprint density at radius 2 is 1.93 bits per heavy atom. The first-order chi connectivity index (χ1) is 6.62. The van der Waals surface area contributed by atoms with Crippen LogP contribution in [0.25, 0.3) is 5.57 Å². The molecular formula is C12H12O2. The van der Waals surface area contributed by atoms with Crippen LogP contribution in [0.3, 0.4) is 0 Å². The second kappa shape index (κ2) is 2.98. The van der Waals surface area contributed by atoms with E-state index >= 15 is 0 Å². The van der Waals surface area contributed by atoms with Crippen LogP contribution in [0.4, 0.5) is 0 Å². The predicted molar refractivity (Wildman–Crippen MR) is 54.8 cm³/mol. The number of carboxylic acid groups (broad SMARTS) is 1. The van der Waals surface area contributed by atoms with Crippen LogP contribution in [0.2, 0.25) is 0 Å². The van der Waals surface area contributed by atoms with E-state index in [9.17, 15) is 4.79 Å². The van der Waals surface area contributed by atoms with E-state index in [2.05, 4.69) is 0 Å². The molecule has 2 nitrogen and oxygen atoms in total. The van der Waals surface area contributed by atoms with E-state index < -0.39 is 11.4 Å². The molecule has 14 heavy (non-hydrogen) atoms. The summed E-state index contributed by atoms with van der Waals surface area (Å²) in [6.07, 6.45) is 2.47. The molecule has 1 aromatic rings. The van der Waals surface area contributed by atoms with E-state index in [1.807, 2.05) is 36.4 Å². The van der Waals surface area contributed by atoms with Crippen molar-refractivity contribution in [2.24, 2.45) is 5.41 Å². The molecule has 0 aromatic heterocycles. The zero-order valence-electron chi connectivity index (χ0n) is 8.03. The Bertz CT molecular complexity index is 392. The third kappa shape index (κ3) is 1.33. The van der Waals surface area contributed by atoms with Crippen molar-refractivity contribution in [3.8, 4) is 0 Å². The molecular weight excluding hydrogens is 176 g/mol. The van der Waals surface area contributed by atoms with Gasteiger partial charge in [-0.2, -0.15) is 0 Å². The van der Waals surface area contributed by atoms with E-state index in [0.29, 0.717) is 6.42 Å². The van der Waals surface area contributed by atoms with Crippen LogP contribution in [-0.4, -0.2) is 11.1 Å². The van der Waals surface area contributed by atoms with Gasteiger partial charge in [-0.25, -0.2) is 0 Å². The van der Waals surface area contributed by atoms with E-state index in [1.165, 1.54) is 0 Å². The first kappa shape index (κ1) is 9.00. The van der Waals surface area contributed by atoms with E-state index in [-0.39, 0.29) is 0 Å². The van der Waals surface area contributed by atoms with Crippen molar-refractivity contribution >= 4 is 11.5 Å². The third-order valence-corrected chi connectivity index (χ3v) is 2.68. The summed E-state index contributed by atoms with van der Waals surface area (Å²) < 4.78 is 0. The van der Waals surface area contributed by atoms with Crippen LogP contribution < -0.4 is 0 Å². The molecule has 2 heteroatoms. The Kier molecular flexibility index (Phi) is 1.92. The SMILES string of the molecule is CC1(C(=O)O)C=C(c2ccccc2)C1. The largest absolute Gasteiger partial charge is 0.481 e. The predicted octanol–water partition coefficient (Wildman–Crippen LogP) is 2.56. The van der Waals surface area contributed by atoms with Gasteiger partial charge in [-0.1, -0.05) is 36.4 Å². The van der Waals surface area contributed by atoms with Gasteiger partial charge in [0.05, 0.1) is 5.41 Å². The Hall–Kier alpha value is -1.57. The van der Waals surface area contributed by atoms with Gasteiger partial charge < -0.3 is 5.11 Å². The zero-order chi connectivity index (χ0) is 10.2. The van der Waals surface area contributed by atoms with Crippen LogP contribution in [-0.2, 0) is 4.79 Å². The summed E-state index contributed by atoms with van der Waals surface area (Å²) in [5.41, 5.74) is 1.62. The minimum atomic E-state index is -0.739. The molecule has 2 rings (SSSR count). The Morgan fingerprint density at radius 1 is 1.36 bits per heavy atom. The molecule has 0 spiro atoms. The Morgan fingerprint density at radius 3 is 2.43 bits per heavy atom. The minimum absolute atomic E-state index is 0.631. The molecule has 1 N–H and O–H groups in total. The summed E-state index contributed by atoms with van der Waals surface area (Å²) >= 11 is 0. The number of carbonyl (C=O) groups is 1. The van der Waals surface area contributed by atoms with Gasteiger partial charge in [-0.3, -0.25) is 4.79 Å². The third-order valence-electron chi connectivity index (χ3n) is 2.68. The summed E-state index contributed by atoms with van der Waals surface area (Å²) in [5, 5.41) is 8.91. The highest BCUT2D eigenvalue weighted by atomic mass is 16.4. The minimum Gasteiger partial charge on any atom is -0.481 e. The molecule has 0 heterocycles. The highest BCUT2D eigenvalue weighted by Gasteiger charge is 2.39. The number of allylic oxidation sites excluding steroid dienone is 1. The summed E-state index contributed by atoms with van der Waals surface area (Å²) in [7, 11) is 0. The van der Waals surface area contributed by atoms with Gasteiger partial charge in [0.2, 0.25) is 0 Å². The van der Waals surface area contributed by atoms with Crippen LogP contribution in [0.1, 0.15) is 18.9 Å². The lowest BCUT2D eigenvalue weighted by Crippen LogP contribution is -2.31. The molecule has 0 radical (unpaired) electrons. The van der Waals surface area contributed by atoms with Crippen molar-refractivity contribution in [3.05, 3.63) is 42.0 Å². The molecule has 0 amide bonds. The van der Waals surface area contributed by atoms with Crippen molar-refractivity contribution in [2.45, 2.75) is 13.3 Å². The standard InChI is InChI=1S/C12H12O2/c1-12(11(13)14)7-10(8-12)9-5-3-2-4-6-9/h2-7H,8H2,1H3,(H,13,14). The summed E-state index contributed by atoms with van der Waals surface area (Å²) in [6.45, 7) is 1.75. The number of aliphatic carboxylic acids is 1. The van der Waals surface area contributed by atoms with Crippen LogP contribution in [0.5, 0.6) is 0 Å². The molecule has 0 saturated heterocycles. The molecule has 1 atom stereocenters. The molecule has 1 aliphatic rings. The maximum Gasteiger partial charge on any atom is 0.313 e. The highest BCUT2D eigenvalue weighted by molar-refractivity contribution is 5.88. The molecule has 1 unspecified atom stereocenters. The van der Waals surface area contributed by atoms with E-state index in [0.717, 1.165) is 11.1 Å². The lowest BCUT2D eigenvalue weighted by Gasteiger charge is -2.32. The van der Waals surface area contributed by atoms with Crippen molar-refractivity contribution < 1.29 is 9.90 Å².